The second-order valence-corrected chi connectivity index (χ2v) is 8.07. The van der Waals surface area contributed by atoms with E-state index in [1.165, 1.54) is 5.57 Å². The minimum Gasteiger partial charge on any atom is -0.355 e. The highest BCUT2D eigenvalue weighted by Gasteiger charge is 2.18. The first kappa shape index (κ1) is 18.1. The molecule has 2 N–H and O–H groups in total. The van der Waals surface area contributed by atoms with Crippen LogP contribution in [0.2, 0.25) is 0 Å². The Labute approximate surface area is 176 Å². The molecule has 5 rings (SSSR count). The molecular weight excluding hydrogens is 406 g/mol. The SMILES string of the molecule is O=C(CCl)N1CC=C(c2cc3c(Nc4ccc5ncsc5c4)ccnc3[nH]2)CC1. The van der Waals surface area contributed by atoms with Gasteiger partial charge in [-0.3, -0.25) is 4.79 Å². The first-order chi connectivity index (χ1) is 14.2. The molecule has 0 spiro atoms. The van der Waals surface area contributed by atoms with E-state index in [0.717, 1.165) is 44.7 Å². The number of thiazole rings is 1. The number of amides is 1. The summed E-state index contributed by atoms with van der Waals surface area (Å²) in [6.45, 7) is 1.27. The van der Waals surface area contributed by atoms with Crippen LogP contribution >= 0.6 is 22.9 Å². The van der Waals surface area contributed by atoms with E-state index in [1.54, 1.807) is 22.4 Å². The molecule has 29 heavy (non-hydrogen) atoms. The van der Waals surface area contributed by atoms with E-state index in [9.17, 15) is 4.79 Å². The summed E-state index contributed by atoms with van der Waals surface area (Å²) in [5.41, 5.74) is 7.95. The van der Waals surface area contributed by atoms with E-state index in [2.05, 4.69) is 38.5 Å². The summed E-state index contributed by atoms with van der Waals surface area (Å²) >= 11 is 7.29. The number of pyridine rings is 1. The maximum Gasteiger partial charge on any atom is 0.237 e. The third kappa shape index (κ3) is 3.47. The largest absolute Gasteiger partial charge is 0.355 e. The molecule has 0 saturated heterocycles. The molecule has 0 aliphatic carbocycles. The van der Waals surface area contributed by atoms with Gasteiger partial charge in [0, 0.05) is 36.1 Å². The van der Waals surface area contributed by atoms with Crippen molar-refractivity contribution in [2.45, 2.75) is 6.42 Å². The van der Waals surface area contributed by atoms with E-state index in [0.29, 0.717) is 13.1 Å². The third-order valence-electron chi connectivity index (χ3n) is 5.16. The van der Waals surface area contributed by atoms with Crippen molar-refractivity contribution in [1.29, 1.82) is 0 Å². The minimum atomic E-state index is -0.0234. The molecule has 146 valence electrons. The zero-order chi connectivity index (χ0) is 19.8. The average molecular weight is 424 g/mol. The maximum absolute atomic E-state index is 11.8. The first-order valence-electron chi connectivity index (χ1n) is 9.32. The number of benzene rings is 1. The van der Waals surface area contributed by atoms with Crippen LogP contribution in [0.4, 0.5) is 11.4 Å². The number of hydrogen-bond acceptors (Lipinski definition) is 5. The van der Waals surface area contributed by atoms with E-state index in [4.69, 9.17) is 11.6 Å². The van der Waals surface area contributed by atoms with Gasteiger partial charge in [0.1, 0.15) is 11.5 Å². The van der Waals surface area contributed by atoms with Crippen molar-refractivity contribution >= 4 is 67.0 Å². The monoisotopic (exact) mass is 423 g/mol. The number of nitrogens with zero attached hydrogens (tertiary/aromatic N) is 3. The van der Waals surface area contributed by atoms with E-state index < -0.39 is 0 Å². The van der Waals surface area contributed by atoms with Gasteiger partial charge >= 0.3 is 0 Å². The molecule has 0 radical (unpaired) electrons. The lowest BCUT2D eigenvalue weighted by molar-refractivity contribution is -0.128. The minimum absolute atomic E-state index is 0.0234. The Hall–Kier alpha value is -2.90. The van der Waals surface area contributed by atoms with Crippen molar-refractivity contribution in [1.82, 2.24) is 19.9 Å². The van der Waals surface area contributed by atoms with Crippen molar-refractivity contribution in [3.05, 3.63) is 53.8 Å². The fourth-order valence-electron chi connectivity index (χ4n) is 3.62. The number of fused-ring (bicyclic) bond motifs is 2. The molecule has 6 nitrogen and oxygen atoms in total. The molecule has 4 heterocycles. The molecule has 0 saturated carbocycles. The van der Waals surface area contributed by atoms with Gasteiger partial charge in [-0.15, -0.1) is 22.9 Å². The maximum atomic E-state index is 11.8. The lowest BCUT2D eigenvalue weighted by atomic mass is 10.0. The molecule has 1 aliphatic rings. The average Bonchev–Trinajstić information content (AvgIpc) is 3.40. The summed E-state index contributed by atoms with van der Waals surface area (Å²) in [6.07, 6.45) is 4.68. The molecule has 0 atom stereocenters. The zero-order valence-corrected chi connectivity index (χ0v) is 17.1. The fourth-order valence-corrected chi connectivity index (χ4v) is 4.51. The summed E-state index contributed by atoms with van der Waals surface area (Å²) in [5, 5.41) is 4.54. The number of carbonyl (C=O) groups is 1. The van der Waals surface area contributed by atoms with Gasteiger partial charge < -0.3 is 15.2 Å². The van der Waals surface area contributed by atoms with Crippen LogP contribution in [0.15, 0.2) is 48.1 Å². The first-order valence-corrected chi connectivity index (χ1v) is 10.7. The van der Waals surface area contributed by atoms with E-state index in [1.807, 2.05) is 23.7 Å². The number of carbonyl (C=O) groups excluding carboxylic acids is 1. The predicted molar refractivity (Wildman–Crippen MR) is 119 cm³/mol. The Morgan fingerprint density at radius 3 is 3.03 bits per heavy atom. The normalized spacial score (nSPS) is 14.4. The second-order valence-electron chi connectivity index (χ2n) is 6.92. The van der Waals surface area contributed by atoms with Crippen LogP contribution in [0.25, 0.3) is 26.8 Å². The van der Waals surface area contributed by atoms with Gasteiger partial charge in [0.2, 0.25) is 5.91 Å². The van der Waals surface area contributed by atoms with Gasteiger partial charge in [-0.05, 0) is 42.3 Å². The van der Waals surface area contributed by atoms with Gasteiger partial charge in [-0.1, -0.05) is 6.08 Å². The third-order valence-corrected chi connectivity index (χ3v) is 6.18. The van der Waals surface area contributed by atoms with Crippen LogP contribution in [0.1, 0.15) is 12.1 Å². The Kier molecular flexibility index (Phi) is 4.69. The Bertz CT molecular complexity index is 1240. The summed E-state index contributed by atoms with van der Waals surface area (Å²) in [5.74, 6) is 0.00615. The molecule has 0 bridgehead atoms. The van der Waals surface area contributed by atoms with Crippen molar-refractivity contribution in [2.24, 2.45) is 0 Å². The molecule has 1 amide bonds. The number of nitrogens with one attached hydrogen (secondary N) is 2. The van der Waals surface area contributed by atoms with Crippen LogP contribution in [-0.2, 0) is 4.79 Å². The quantitative estimate of drug-likeness (QED) is 0.463. The van der Waals surface area contributed by atoms with Gasteiger partial charge in [-0.25, -0.2) is 9.97 Å². The summed E-state index contributed by atoms with van der Waals surface area (Å²) in [4.78, 5) is 25.8. The standard InChI is InChI=1S/C21H18ClN5OS/c22-11-20(28)27-7-4-13(5-8-27)18-10-15-16(3-6-23-21(15)26-18)25-14-1-2-17-19(9-14)29-12-24-17/h1-4,6,9-10,12H,5,7-8,11H2,(H2,23,25,26). The molecule has 4 aromatic rings. The number of aromatic amines is 1. The topological polar surface area (TPSA) is 73.9 Å². The Morgan fingerprint density at radius 2 is 2.21 bits per heavy atom. The van der Waals surface area contributed by atoms with Gasteiger partial charge in [0.15, 0.2) is 0 Å². The lowest BCUT2D eigenvalue weighted by Gasteiger charge is -2.25. The highest BCUT2D eigenvalue weighted by atomic mass is 35.5. The molecule has 1 aromatic carbocycles. The molecular formula is C21H18ClN5OS. The van der Waals surface area contributed by atoms with Crippen LogP contribution < -0.4 is 5.32 Å². The molecule has 1 aliphatic heterocycles. The van der Waals surface area contributed by atoms with Crippen LogP contribution in [0.5, 0.6) is 0 Å². The van der Waals surface area contributed by atoms with Crippen LogP contribution in [-0.4, -0.2) is 44.7 Å². The number of alkyl halides is 1. The summed E-state index contributed by atoms with van der Waals surface area (Å²) in [6, 6.07) is 10.3. The van der Waals surface area contributed by atoms with Gasteiger partial charge in [0.05, 0.1) is 21.4 Å². The number of rotatable bonds is 4. The van der Waals surface area contributed by atoms with Gasteiger partial charge in [0.25, 0.3) is 0 Å². The van der Waals surface area contributed by atoms with Crippen molar-refractivity contribution in [2.75, 3.05) is 24.3 Å². The lowest BCUT2D eigenvalue weighted by Crippen LogP contribution is -2.35. The number of H-pyrrole nitrogens is 1. The number of halogens is 1. The summed E-state index contributed by atoms with van der Waals surface area (Å²) < 4.78 is 1.15. The zero-order valence-electron chi connectivity index (χ0n) is 15.5. The Morgan fingerprint density at radius 1 is 1.28 bits per heavy atom. The fraction of sp³-hybridized carbons (Fsp3) is 0.190. The number of anilines is 2. The van der Waals surface area contributed by atoms with Crippen molar-refractivity contribution in [3.63, 3.8) is 0 Å². The van der Waals surface area contributed by atoms with Crippen LogP contribution in [0.3, 0.4) is 0 Å². The predicted octanol–water partition coefficient (Wildman–Crippen LogP) is 4.77. The smallest absolute Gasteiger partial charge is 0.237 e. The van der Waals surface area contributed by atoms with E-state index in [-0.39, 0.29) is 11.8 Å². The number of aromatic nitrogens is 3. The summed E-state index contributed by atoms with van der Waals surface area (Å²) in [7, 11) is 0. The van der Waals surface area contributed by atoms with Crippen molar-refractivity contribution in [3.8, 4) is 0 Å². The molecule has 0 fully saturated rings. The van der Waals surface area contributed by atoms with Crippen LogP contribution in [0, 0.1) is 0 Å². The highest BCUT2D eigenvalue weighted by molar-refractivity contribution is 7.16. The molecule has 3 aromatic heterocycles. The van der Waals surface area contributed by atoms with Crippen molar-refractivity contribution < 1.29 is 4.79 Å². The number of hydrogen-bond donors (Lipinski definition) is 2. The van der Waals surface area contributed by atoms with E-state index >= 15 is 0 Å². The molecule has 8 heteroatoms. The molecule has 0 unspecified atom stereocenters. The second kappa shape index (κ2) is 7.50. The Balaban J connectivity index is 1.44. The van der Waals surface area contributed by atoms with Gasteiger partial charge in [-0.2, -0.15) is 0 Å². The highest BCUT2D eigenvalue weighted by Crippen LogP contribution is 2.31.